The summed E-state index contributed by atoms with van der Waals surface area (Å²) < 4.78 is 0. The van der Waals surface area contributed by atoms with Crippen LogP contribution >= 0.6 is 0 Å². The van der Waals surface area contributed by atoms with Crippen LogP contribution in [0.3, 0.4) is 0 Å². The maximum Gasteiger partial charge on any atom is 0.169 e. The summed E-state index contributed by atoms with van der Waals surface area (Å²) in [4.78, 5) is 11.2. The van der Waals surface area contributed by atoms with Gasteiger partial charge in [0.25, 0.3) is 0 Å². The quantitative estimate of drug-likeness (QED) is 0.423. The summed E-state index contributed by atoms with van der Waals surface area (Å²) in [6, 6.07) is 0. The van der Waals surface area contributed by atoms with Crippen LogP contribution < -0.4 is 0 Å². The van der Waals surface area contributed by atoms with E-state index in [1.165, 1.54) is 0 Å². The van der Waals surface area contributed by atoms with Gasteiger partial charge in [-0.25, -0.2) is 0 Å². The predicted octanol–water partition coefficient (Wildman–Crippen LogP) is -1.32. The fourth-order valence-corrected chi connectivity index (χ4v) is 2.33. The molecule has 3 atom stereocenters. The van der Waals surface area contributed by atoms with Crippen LogP contribution in [0.4, 0.5) is 0 Å². The lowest BCUT2D eigenvalue weighted by atomic mass is 9.65. The van der Waals surface area contributed by atoms with E-state index in [0.717, 1.165) is 0 Å². The molecule has 3 aliphatic carbocycles. The Balaban J connectivity index is 2.27. The number of aliphatic hydroxyl groups is 3. The Kier molecular flexibility index (Phi) is 1.71. The van der Waals surface area contributed by atoms with E-state index in [-0.39, 0.29) is 5.92 Å². The highest BCUT2D eigenvalue weighted by Gasteiger charge is 2.51. The smallest absolute Gasteiger partial charge is 0.169 e. The first-order valence-corrected chi connectivity index (χ1v) is 4.19. The molecule has 3 unspecified atom stereocenters. The molecule has 3 aliphatic rings. The normalized spacial score (nSPS) is 52.9. The van der Waals surface area contributed by atoms with Gasteiger partial charge in [0.15, 0.2) is 5.78 Å². The first-order valence-electron chi connectivity index (χ1n) is 4.19. The summed E-state index contributed by atoms with van der Waals surface area (Å²) in [5, 5.41) is 28.1. The molecular weight excluding hydrogens is 160 g/mol. The molecule has 0 aromatic carbocycles. The first kappa shape index (κ1) is 8.16. The average molecular weight is 172 g/mol. The third-order valence-corrected chi connectivity index (χ3v) is 2.98. The SMILES string of the molecule is O=C1C(O)C2CC(O)C1C(O)C2. The van der Waals surface area contributed by atoms with Crippen LogP contribution in [0.1, 0.15) is 12.8 Å². The van der Waals surface area contributed by atoms with Crippen molar-refractivity contribution in [2.75, 3.05) is 0 Å². The van der Waals surface area contributed by atoms with Crippen molar-refractivity contribution < 1.29 is 20.1 Å². The molecule has 68 valence electrons. The molecule has 0 radical (unpaired) electrons. The van der Waals surface area contributed by atoms with Crippen LogP contribution in [0, 0.1) is 11.8 Å². The molecule has 0 aliphatic heterocycles. The van der Waals surface area contributed by atoms with Gasteiger partial charge in [0.05, 0.1) is 18.1 Å². The van der Waals surface area contributed by atoms with Crippen molar-refractivity contribution in [3.8, 4) is 0 Å². The molecule has 0 amide bonds. The zero-order valence-electron chi connectivity index (χ0n) is 6.55. The molecule has 3 rings (SSSR count). The van der Waals surface area contributed by atoms with Crippen molar-refractivity contribution in [1.29, 1.82) is 0 Å². The molecule has 0 aromatic rings. The number of rotatable bonds is 0. The van der Waals surface area contributed by atoms with Gasteiger partial charge in [0.2, 0.25) is 0 Å². The highest BCUT2D eigenvalue weighted by atomic mass is 16.3. The number of carbonyl (C=O) groups excluding carboxylic acids is 1. The number of hydrogen-bond donors (Lipinski definition) is 3. The predicted molar refractivity (Wildman–Crippen MR) is 39.2 cm³/mol. The Morgan fingerprint density at radius 3 is 1.92 bits per heavy atom. The number of ketones is 1. The second-order valence-corrected chi connectivity index (χ2v) is 3.74. The van der Waals surface area contributed by atoms with Gasteiger partial charge in [-0.15, -0.1) is 0 Å². The molecule has 3 saturated carbocycles. The zero-order valence-corrected chi connectivity index (χ0v) is 6.55. The molecule has 4 heteroatoms. The van der Waals surface area contributed by atoms with Crippen LogP contribution in [-0.2, 0) is 4.79 Å². The van der Waals surface area contributed by atoms with Crippen LogP contribution in [0.15, 0.2) is 0 Å². The van der Waals surface area contributed by atoms with Crippen LogP contribution in [0.5, 0.6) is 0 Å². The van der Waals surface area contributed by atoms with Crippen LogP contribution in [-0.4, -0.2) is 39.4 Å². The van der Waals surface area contributed by atoms with Gasteiger partial charge < -0.3 is 15.3 Å². The summed E-state index contributed by atoms with van der Waals surface area (Å²) in [6.07, 6.45) is -1.59. The van der Waals surface area contributed by atoms with E-state index >= 15 is 0 Å². The zero-order chi connectivity index (χ0) is 8.88. The van der Waals surface area contributed by atoms with E-state index in [4.69, 9.17) is 0 Å². The summed E-state index contributed by atoms with van der Waals surface area (Å²) in [5.41, 5.74) is 0. The molecule has 0 aromatic heterocycles. The topological polar surface area (TPSA) is 77.8 Å². The van der Waals surface area contributed by atoms with Gasteiger partial charge in [-0.3, -0.25) is 4.79 Å². The second kappa shape index (κ2) is 2.52. The number of fused-ring (bicyclic) bond motifs is 3. The Morgan fingerprint density at radius 1 is 1.08 bits per heavy atom. The Hall–Kier alpha value is -0.450. The highest BCUT2D eigenvalue weighted by Crippen LogP contribution is 2.39. The standard InChI is InChI=1S/C8H12O4/c9-4-1-3-2-5(10)6(4)8(12)7(3)11/h3-7,9-11H,1-2H2. The molecule has 4 nitrogen and oxygen atoms in total. The molecular formula is C8H12O4. The van der Waals surface area contributed by atoms with Crippen molar-refractivity contribution in [2.45, 2.75) is 31.2 Å². The number of Topliss-reactive ketones (excluding diaryl/α,β-unsaturated/α-hetero) is 1. The monoisotopic (exact) mass is 172 g/mol. The van der Waals surface area contributed by atoms with E-state index in [0.29, 0.717) is 12.8 Å². The van der Waals surface area contributed by atoms with Gasteiger partial charge in [0.1, 0.15) is 6.10 Å². The molecule has 0 spiro atoms. The molecule has 2 bridgehead atoms. The van der Waals surface area contributed by atoms with E-state index in [1.807, 2.05) is 0 Å². The first-order chi connectivity index (χ1) is 5.61. The lowest BCUT2D eigenvalue weighted by molar-refractivity contribution is -0.167. The molecule has 3 fully saturated rings. The number of hydrogen-bond acceptors (Lipinski definition) is 4. The fourth-order valence-electron chi connectivity index (χ4n) is 2.33. The third kappa shape index (κ3) is 0.920. The minimum atomic E-state index is -0.957. The lowest BCUT2D eigenvalue weighted by Gasteiger charge is -2.44. The highest BCUT2D eigenvalue weighted by molar-refractivity contribution is 5.88. The van der Waals surface area contributed by atoms with Crippen molar-refractivity contribution in [1.82, 2.24) is 0 Å². The van der Waals surface area contributed by atoms with E-state index in [1.54, 1.807) is 0 Å². The molecule has 0 saturated heterocycles. The van der Waals surface area contributed by atoms with Crippen molar-refractivity contribution in [3.05, 3.63) is 0 Å². The average Bonchev–Trinajstić information content (AvgIpc) is 1.98. The molecule has 0 heterocycles. The Bertz CT molecular complexity index is 203. The minimum Gasteiger partial charge on any atom is -0.392 e. The summed E-state index contributed by atoms with van der Waals surface area (Å²) in [6.45, 7) is 0. The largest absolute Gasteiger partial charge is 0.392 e. The van der Waals surface area contributed by atoms with Crippen LogP contribution in [0.2, 0.25) is 0 Å². The van der Waals surface area contributed by atoms with Crippen molar-refractivity contribution in [2.24, 2.45) is 11.8 Å². The maximum absolute atomic E-state index is 11.2. The third-order valence-electron chi connectivity index (χ3n) is 2.98. The number of aliphatic hydroxyl groups excluding tert-OH is 3. The fraction of sp³-hybridized carbons (Fsp3) is 0.875. The summed E-state index contributed by atoms with van der Waals surface area (Å²) in [5.74, 6) is -1.38. The van der Waals surface area contributed by atoms with Gasteiger partial charge in [0, 0.05) is 0 Å². The van der Waals surface area contributed by atoms with Gasteiger partial charge in [-0.2, -0.15) is 0 Å². The van der Waals surface area contributed by atoms with Crippen LogP contribution in [0.25, 0.3) is 0 Å². The lowest BCUT2D eigenvalue weighted by Crippen LogP contribution is -2.57. The Morgan fingerprint density at radius 2 is 1.58 bits per heavy atom. The second-order valence-electron chi connectivity index (χ2n) is 3.74. The van der Waals surface area contributed by atoms with Crippen molar-refractivity contribution >= 4 is 5.78 Å². The Labute approximate surface area is 69.8 Å². The van der Waals surface area contributed by atoms with Gasteiger partial charge >= 0.3 is 0 Å². The number of carbonyl (C=O) groups is 1. The van der Waals surface area contributed by atoms with Gasteiger partial charge in [-0.05, 0) is 18.8 Å². The van der Waals surface area contributed by atoms with E-state index < -0.39 is 30.0 Å². The summed E-state index contributed by atoms with van der Waals surface area (Å²) >= 11 is 0. The van der Waals surface area contributed by atoms with E-state index in [2.05, 4.69) is 0 Å². The molecule has 3 N–H and O–H groups in total. The van der Waals surface area contributed by atoms with Crippen molar-refractivity contribution in [3.63, 3.8) is 0 Å². The van der Waals surface area contributed by atoms with E-state index in [9.17, 15) is 20.1 Å². The van der Waals surface area contributed by atoms with Gasteiger partial charge in [-0.1, -0.05) is 0 Å². The molecule has 12 heavy (non-hydrogen) atoms. The minimum absolute atomic E-state index is 0.243. The maximum atomic E-state index is 11.2. The summed E-state index contributed by atoms with van der Waals surface area (Å²) in [7, 11) is 0.